The Bertz CT molecular complexity index is 852. The highest BCUT2D eigenvalue weighted by atomic mass is 32.1. The van der Waals surface area contributed by atoms with Gasteiger partial charge < -0.3 is 10.1 Å². The summed E-state index contributed by atoms with van der Waals surface area (Å²) < 4.78 is 5.33. The van der Waals surface area contributed by atoms with Gasteiger partial charge in [-0.3, -0.25) is 0 Å². The molecular formula is C19H18N2OS. The van der Waals surface area contributed by atoms with Gasteiger partial charge in [-0.15, -0.1) is 11.3 Å². The van der Waals surface area contributed by atoms with E-state index in [1.807, 2.05) is 6.07 Å². The summed E-state index contributed by atoms with van der Waals surface area (Å²) in [6.07, 6.45) is 2.09. The summed E-state index contributed by atoms with van der Waals surface area (Å²) in [5.41, 5.74) is 6.02. The maximum absolute atomic E-state index is 5.33. The number of hydrogen-bond donors (Lipinski definition) is 1. The molecule has 1 aliphatic carbocycles. The van der Waals surface area contributed by atoms with Crippen molar-refractivity contribution >= 4 is 22.2 Å². The lowest BCUT2D eigenvalue weighted by Gasteiger charge is -2.15. The third-order valence-corrected chi connectivity index (χ3v) is 5.22. The van der Waals surface area contributed by atoms with E-state index < -0.39 is 0 Å². The highest BCUT2D eigenvalue weighted by Crippen LogP contribution is 2.39. The van der Waals surface area contributed by atoms with Crippen LogP contribution in [-0.4, -0.2) is 12.1 Å². The molecule has 3 nitrogen and oxygen atoms in total. The Morgan fingerprint density at radius 3 is 2.70 bits per heavy atom. The third-order valence-electron chi connectivity index (χ3n) is 4.19. The van der Waals surface area contributed by atoms with Gasteiger partial charge in [0.25, 0.3) is 0 Å². The standard InChI is InChI=1S/C19H18N2OS/c1-12-3-6-14(7-4-12)20-19-21-18-16-9-8-15(22-2)11-13(16)5-10-17(18)23-19/h3-4,6-9,11H,5,10H2,1-2H3,(H,20,21). The first-order valence-corrected chi connectivity index (χ1v) is 8.55. The van der Waals surface area contributed by atoms with E-state index in [1.165, 1.54) is 21.6 Å². The molecule has 1 aromatic heterocycles. The second-order valence-corrected chi connectivity index (χ2v) is 6.89. The minimum Gasteiger partial charge on any atom is -0.497 e. The van der Waals surface area contributed by atoms with Crippen molar-refractivity contribution in [2.24, 2.45) is 0 Å². The van der Waals surface area contributed by atoms with Crippen molar-refractivity contribution in [2.45, 2.75) is 19.8 Å². The number of nitrogens with one attached hydrogen (secondary N) is 1. The van der Waals surface area contributed by atoms with Crippen molar-refractivity contribution in [1.82, 2.24) is 4.98 Å². The summed E-state index contributed by atoms with van der Waals surface area (Å²) >= 11 is 1.75. The van der Waals surface area contributed by atoms with E-state index in [-0.39, 0.29) is 0 Å². The van der Waals surface area contributed by atoms with E-state index in [1.54, 1.807) is 18.4 Å². The van der Waals surface area contributed by atoms with Crippen LogP contribution in [0.4, 0.5) is 10.8 Å². The van der Waals surface area contributed by atoms with Gasteiger partial charge in [0.1, 0.15) is 5.75 Å². The summed E-state index contributed by atoms with van der Waals surface area (Å²) in [4.78, 5) is 6.19. The second kappa shape index (κ2) is 5.70. The topological polar surface area (TPSA) is 34.1 Å². The number of ether oxygens (including phenoxy) is 1. The molecule has 0 saturated heterocycles. The Labute approximate surface area is 140 Å². The monoisotopic (exact) mass is 322 g/mol. The highest BCUT2D eigenvalue weighted by molar-refractivity contribution is 7.16. The lowest BCUT2D eigenvalue weighted by atomic mass is 9.93. The molecule has 116 valence electrons. The number of methoxy groups -OCH3 is 1. The molecule has 0 radical (unpaired) electrons. The molecule has 2 aromatic carbocycles. The van der Waals surface area contributed by atoms with Gasteiger partial charge in [-0.1, -0.05) is 17.7 Å². The van der Waals surface area contributed by atoms with Crippen molar-refractivity contribution in [3.8, 4) is 17.0 Å². The maximum atomic E-state index is 5.33. The minimum absolute atomic E-state index is 0.917. The van der Waals surface area contributed by atoms with Gasteiger partial charge in [-0.25, -0.2) is 4.98 Å². The number of anilines is 2. The number of aromatic nitrogens is 1. The van der Waals surface area contributed by atoms with Crippen LogP contribution < -0.4 is 10.1 Å². The van der Waals surface area contributed by atoms with E-state index >= 15 is 0 Å². The van der Waals surface area contributed by atoms with Crippen molar-refractivity contribution in [3.05, 3.63) is 58.5 Å². The van der Waals surface area contributed by atoms with Crippen molar-refractivity contribution < 1.29 is 4.74 Å². The number of hydrogen-bond acceptors (Lipinski definition) is 4. The molecule has 23 heavy (non-hydrogen) atoms. The molecule has 0 bridgehead atoms. The van der Waals surface area contributed by atoms with Gasteiger partial charge in [0, 0.05) is 16.1 Å². The van der Waals surface area contributed by atoms with Gasteiger partial charge in [0.2, 0.25) is 0 Å². The van der Waals surface area contributed by atoms with E-state index in [4.69, 9.17) is 9.72 Å². The van der Waals surface area contributed by atoms with Crippen LogP contribution in [0.3, 0.4) is 0 Å². The Hall–Kier alpha value is -2.33. The van der Waals surface area contributed by atoms with Crippen molar-refractivity contribution in [3.63, 3.8) is 0 Å². The first-order valence-electron chi connectivity index (χ1n) is 7.73. The zero-order chi connectivity index (χ0) is 15.8. The third kappa shape index (κ3) is 2.70. The second-order valence-electron chi connectivity index (χ2n) is 5.80. The number of fused-ring (bicyclic) bond motifs is 3. The minimum atomic E-state index is 0.917. The molecule has 0 fully saturated rings. The lowest BCUT2D eigenvalue weighted by Crippen LogP contribution is -2.02. The molecule has 0 unspecified atom stereocenters. The molecule has 0 amide bonds. The summed E-state index contributed by atoms with van der Waals surface area (Å²) in [6, 6.07) is 14.7. The van der Waals surface area contributed by atoms with E-state index in [0.29, 0.717) is 0 Å². The first kappa shape index (κ1) is 14.3. The number of nitrogens with zero attached hydrogens (tertiary/aromatic N) is 1. The lowest BCUT2D eigenvalue weighted by molar-refractivity contribution is 0.414. The summed E-state index contributed by atoms with van der Waals surface area (Å²) in [7, 11) is 1.71. The summed E-state index contributed by atoms with van der Waals surface area (Å²) in [6.45, 7) is 2.09. The van der Waals surface area contributed by atoms with Crippen molar-refractivity contribution in [2.75, 3.05) is 12.4 Å². The Kier molecular flexibility index (Phi) is 3.54. The van der Waals surface area contributed by atoms with Crippen LogP contribution in [0.5, 0.6) is 5.75 Å². The fraction of sp³-hybridized carbons (Fsp3) is 0.211. The highest BCUT2D eigenvalue weighted by Gasteiger charge is 2.21. The molecule has 0 spiro atoms. The molecule has 1 aliphatic rings. The molecular weight excluding hydrogens is 304 g/mol. The molecule has 4 heteroatoms. The van der Waals surface area contributed by atoms with Crippen LogP contribution in [0.15, 0.2) is 42.5 Å². The Balaban J connectivity index is 1.67. The van der Waals surface area contributed by atoms with E-state index in [0.717, 1.165) is 35.1 Å². The van der Waals surface area contributed by atoms with Crippen LogP contribution in [0.2, 0.25) is 0 Å². The first-order chi connectivity index (χ1) is 11.2. The van der Waals surface area contributed by atoms with Crippen LogP contribution in [-0.2, 0) is 12.8 Å². The van der Waals surface area contributed by atoms with Crippen LogP contribution in [0.25, 0.3) is 11.3 Å². The molecule has 3 aromatic rings. The number of aryl methyl sites for hydroxylation is 3. The molecule has 0 aliphatic heterocycles. The SMILES string of the molecule is COc1ccc2c(c1)CCc1sc(Nc3ccc(C)cc3)nc1-2. The van der Waals surface area contributed by atoms with Crippen molar-refractivity contribution in [1.29, 1.82) is 0 Å². The van der Waals surface area contributed by atoms with Gasteiger partial charge in [-0.2, -0.15) is 0 Å². The predicted molar refractivity (Wildman–Crippen MR) is 96.0 cm³/mol. The van der Waals surface area contributed by atoms with Gasteiger partial charge >= 0.3 is 0 Å². The zero-order valence-electron chi connectivity index (χ0n) is 13.2. The van der Waals surface area contributed by atoms with Crippen LogP contribution in [0, 0.1) is 6.92 Å². The number of rotatable bonds is 3. The fourth-order valence-corrected chi connectivity index (χ4v) is 3.92. The van der Waals surface area contributed by atoms with Gasteiger partial charge in [0.15, 0.2) is 5.13 Å². The summed E-state index contributed by atoms with van der Waals surface area (Å²) in [5, 5.41) is 4.39. The van der Waals surface area contributed by atoms with Gasteiger partial charge in [-0.05, 0) is 55.7 Å². The largest absolute Gasteiger partial charge is 0.497 e. The number of thiazole rings is 1. The van der Waals surface area contributed by atoms with Crippen LogP contribution >= 0.6 is 11.3 Å². The summed E-state index contributed by atoms with van der Waals surface area (Å²) in [5.74, 6) is 0.917. The molecule has 1 N–H and O–H groups in total. The Morgan fingerprint density at radius 1 is 1.09 bits per heavy atom. The molecule has 0 saturated carbocycles. The average molecular weight is 322 g/mol. The van der Waals surface area contributed by atoms with E-state index in [2.05, 4.69) is 48.6 Å². The van der Waals surface area contributed by atoms with Gasteiger partial charge in [0.05, 0.1) is 12.8 Å². The quantitative estimate of drug-likeness (QED) is 0.739. The fourth-order valence-electron chi connectivity index (χ4n) is 2.93. The molecule has 1 heterocycles. The zero-order valence-corrected chi connectivity index (χ0v) is 14.0. The normalized spacial score (nSPS) is 12.4. The number of benzene rings is 2. The van der Waals surface area contributed by atoms with E-state index in [9.17, 15) is 0 Å². The molecule has 0 atom stereocenters. The predicted octanol–water partition coefficient (Wildman–Crippen LogP) is 4.97. The molecule has 4 rings (SSSR count). The smallest absolute Gasteiger partial charge is 0.187 e. The Morgan fingerprint density at radius 2 is 1.91 bits per heavy atom. The average Bonchev–Trinajstić information content (AvgIpc) is 2.99. The maximum Gasteiger partial charge on any atom is 0.187 e. The van der Waals surface area contributed by atoms with Crippen LogP contribution in [0.1, 0.15) is 16.0 Å².